The van der Waals surface area contributed by atoms with Crippen LogP contribution in [0.15, 0.2) is 30.3 Å². The maximum atomic E-state index is 11.7. The molecule has 3 aromatic rings. The van der Waals surface area contributed by atoms with Gasteiger partial charge in [0.1, 0.15) is 11.3 Å². The largest absolute Gasteiger partial charge is 0.497 e. The molecule has 1 N–H and O–H groups in total. The van der Waals surface area contributed by atoms with Crippen LogP contribution in [0.1, 0.15) is 10.4 Å². The van der Waals surface area contributed by atoms with Crippen molar-refractivity contribution in [1.82, 2.24) is 14.1 Å². The standard InChI is InChI=1S/C16H15N3O3S/c1-18-13-11(15(20)21)8-12(17-14(13)19(2)16(18)23)9-4-6-10(22-3)7-5-9/h4-8H,1-3H3,(H,20,21). The van der Waals surface area contributed by atoms with Crippen LogP contribution in [0.5, 0.6) is 5.75 Å². The highest BCUT2D eigenvalue weighted by Gasteiger charge is 2.18. The Bertz CT molecular complexity index is 971. The predicted molar refractivity (Wildman–Crippen MR) is 89.5 cm³/mol. The summed E-state index contributed by atoms with van der Waals surface area (Å²) in [5.74, 6) is -0.283. The molecule has 118 valence electrons. The van der Waals surface area contributed by atoms with Crippen molar-refractivity contribution in [3.05, 3.63) is 40.7 Å². The monoisotopic (exact) mass is 329 g/mol. The number of fused-ring (bicyclic) bond motifs is 1. The molecule has 0 unspecified atom stereocenters. The van der Waals surface area contributed by atoms with Gasteiger partial charge in [-0.25, -0.2) is 9.78 Å². The lowest BCUT2D eigenvalue weighted by Gasteiger charge is -2.07. The Labute approximate surface area is 137 Å². The van der Waals surface area contributed by atoms with Crippen LogP contribution < -0.4 is 4.74 Å². The van der Waals surface area contributed by atoms with Gasteiger partial charge in [0.05, 0.1) is 18.4 Å². The molecule has 3 rings (SSSR count). The highest BCUT2D eigenvalue weighted by atomic mass is 32.1. The van der Waals surface area contributed by atoms with Gasteiger partial charge in [0, 0.05) is 19.7 Å². The van der Waals surface area contributed by atoms with E-state index in [9.17, 15) is 9.90 Å². The van der Waals surface area contributed by atoms with Crippen molar-refractivity contribution >= 4 is 29.4 Å². The topological polar surface area (TPSA) is 69.3 Å². The molecule has 0 spiro atoms. The maximum Gasteiger partial charge on any atom is 0.338 e. The van der Waals surface area contributed by atoms with Gasteiger partial charge in [0.25, 0.3) is 0 Å². The first-order valence-corrected chi connectivity index (χ1v) is 7.29. The van der Waals surface area contributed by atoms with E-state index in [2.05, 4.69) is 4.98 Å². The number of methoxy groups -OCH3 is 1. The van der Waals surface area contributed by atoms with Gasteiger partial charge in [-0.15, -0.1) is 0 Å². The van der Waals surface area contributed by atoms with Crippen LogP contribution in [0.2, 0.25) is 0 Å². The summed E-state index contributed by atoms with van der Waals surface area (Å²) < 4.78 is 9.03. The molecule has 0 aliphatic heterocycles. The fraction of sp³-hybridized carbons (Fsp3) is 0.188. The van der Waals surface area contributed by atoms with Crippen LogP contribution in [0.4, 0.5) is 0 Å². The molecular weight excluding hydrogens is 314 g/mol. The Hall–Kier alpha value is -2.67. The zero-order valence-electron chi connectivity index (χ0n) is 12.9. The second-order valence-corrected chi connectivity index (χ2v) is 5.53. The van der Waals surface area contributed by atoms with E-state index >= 15 is 0 Å². The van der Waals surface area contributed by atoms with Gasteiger partial charge in [0.2, 0.25) is 0 Å². The molecule has 0 saturated heterocycles. The SMILES string of the molecule is COc1ccc(-c2cc(C(=O)O)c3c(n2)n(C)c(=S)n3C)cc1. The first-order valence-electron chi connectivity index (χ1n) is 6.88. The molecule has 2 aromatic heterocycles. The van der Waals surface area contributed by atoms with E-state index < -0.39 is 5.97 Å². The molecule has 0 atom stereocenters. The quantitative estimate of drug-likeness (QED) is 0.748. The Kier molecular flexibility index (Phi) is 3.65. The number of nitrogens with zero attached hydrogens (tertiary/aromatic N) is 3. The number of hydrogen-bond acceptors (Lipinski definition) is 4. The summed E-state index contributed by atoms with van der Waals surface area (Å²) in [5.41, 5.74) is 2.62. The summed E-state index contributed by atoms with van der Waals surface area (Å²) >= 11 is 5.31. The molecule has 0 fully saturated rings. The minimum absolute atomic E-state index is 0.176. The Balaban J connectivity index is 2.32. The number of hydrogen-bond donors (Lipinski definition) is 1. The molecule has 0 radical (unpaired) electrons. The first-order chi connectivity index (χ1) is 10.9. The van der Waals surface area contributed by atoms with E-state index in [1.54, 1.807) is 36.4 Å². The van der Waals surface area contributed by atoms with Gasteiger partial charge in [-0.2, -0.15) is 0 Å². The number of aromatic nitrogens is 3. The van der Waals surface area contributed by atoms with Gasteiger partial charge in [-0.05, 0) is 42.5 Å². The first kappa shape index (κ1) is 15.2. The molecule has 0 amide bonds. The third kappa shape index (κ3) is 2.39. The third-order valence-corrected chi connectivity index (χ3v) is 4.37. The van der Waals surface area contributed by atoms with Crippen molar-refractivity contribution in [2.75, 3.05) is 7.11 Å². The van der Waals surface area contributed by atoms with E-state index in [-0.39, 0.29) is 5.56 Å². The summed E-state index contributed by atoms with van der Waals surface area (Å²) in [7, 11) is 5.11. The molecule has 0 bridgehead atoms. The summed E-state index contributed by atoms with van der Waals surface area (Å²) in [6.45, 7) is 0. The van der Waals surface area contributed by atoms with Crippen LogP contribution >= 0.6 is 12.2 Å². The second kappa shape index (κ2) is 5.51. The zero-order valence-corrected chi connectivity index (χ0v) is 13.7. The minimum atomic E-state index is -1.01. The molecule has 2 heterocycles. The minimum Gasteiger partial charge on any atom is -0.497 e. The molecule has 0 saturated carbocycles. The normalized spacial score (nSPS) is 10.9. The number of carboxylic acids is 1. The average molecular weight is 329 g/mol. The number of aromatic carboxylic acids is 1. The van der Waals surface area contributed by atoms with E-state index in [0.29, 0.717) is 21.6 Å². The number of aryl methyl sites for hydroxylation is 2. The van der Waals surface area contributed by atoms with Crippen LogP contribution in [0.25, 0.3) is 22.4 Å². The van der Waals surface area contributed by atoms with Gasteiger partial charge in [-0.3, -0.25) is 0 Å². The summed E-state index contributed by atoms with van der Waals surface area (Å²) in [5, 5.41) is 9.56. The predicted octanol–water partition coefficient (Wildman–Crippen LogP) is 3.02. The molecule has 0 aliphatic rings. The highest BCUT2D eigenvalue weighted by molar-refractivity contribution is 7.71. The van der Waals surface area contributed by atoms with Crippen LogP contribution in [-0.2, 0) is 14.1 Å². The zero-order chi connectivity index (χ0) is 16.7. The fourth-order valence-electron chi connectivity index (χ4n) is 2.57. The maximum absolute atomic E-state index is 11.7. The van der Waals surface area contributed by atoms with Crippen molar-refractivity contribution in [3.8, 4) is 17.0 Å². The summed E-state index contributed by atoms with van der Waals surface area (Å²) in [6.07, 6.45) is 0. The summed E-state index contributed by atoms with van der Waals surface area (Å²) in [4.78, 5) is 16.3. The van der Waals surface area contributed by atoms with Crippen molar-refractivity contribution < 1.29 is 14.6 Å². The number of imidazole rings is 1. The van der Waals surface area contributed by atoms with Crippen molar-refractivity contribution in [2.45, 2.75) is 0 Å². The van der Waals surface area contributed by atoms with E-state index in [4.69, 9.17) is 17.0 Å². The number of carboxylic acid groups (broad SMARTS) is 1. The number of benzene rings is 1. The van der Waals surface area contributed by atoms with Crippen LogP contribution in [0.3, 0.4) is 0 Å². The molecule has 0 aliphatic carbocycles. The van der Waals surface area contributed by atoms with Crippen LogP contribution in [0, 0.1) is 4.77 Å². The smallest absolute Gasteiger partial charge is 0.338 e. The number of ether oxygens (including phenoxy) is 1. The van der Waals surface area contributed by atoms with Gasteiger partial charge >= 0.3 is 5.97 Å². The van der Waals surface area contributed by atoms with E-state index in [1.807, 2.05) is 24.3 Å². The van der Waals surface area contributed by atoms with Crippen molar-refractivity contribution in [2.24, 2.45) is 14.1 Å². The molecule has 7 heteroatoms. The highest BCUT2D eigenvalue weighted by Crippen LogP contribution is 2.27. The summed E-state index contributed by atoms with van der Waals surface area (Å²) in [6, 6.07) is 8.88. The van der Waals surface area contributed by atoms with Gasteiger partial charge in [-0.1, -0.05) is 0 Å². The lowest BCUT2D eigenvalue weighted by atomic mass is 10.1. The van der Waals surface area contributed by atoms with E-state index in [0.717, 1.165) is 11.3 Å². The van der Waals surface area contributed by atoms with Crippen molar-refractivity contribution in [3.63, 3.8) is 0 Å². The third-order valence-electron chi connectivity index (χ3n) is 3.82. The molecule has 23 heavy (non-hydrogen) atoms. The Morgan fingerprint density at radius 3 is 2.43 bits per heavy atom. The van der Waals surface area contributed by atoms with Crippen LogP contribution in [-0.4, -0.2) is 32.3 Å². The lowest BCUT2D eigenvalue weighted by Crippen LogP contribution is -2.03. The number of rotatable bonds is 3. The molecule has 1 aromatic carbocycles. The Morgan fingerprint density at radius 1 is 1.22 bits per heavy atom. The fourth-order valence-corrected chi connectivity index (χ4v) is 2.75. The lowest BCUT2D eigenvalue weighted by molar-refractivity contribution is 0.0698. The van der Waals surface area contributed by atoms with Gasteiger partial charge < -0.3 is 19.0 Å². The number of pyridine rings is 1. The number of carbonyl (C=O) groups is 1. The second-order valence-electron chi connectivity index (χ2n) is 5.16. The molecular formula is C16H15N3O3S. The average Bonchev–Trinajstić information content (AvgIpc) is 2.78. The van der Waals surface area contributed by atoms with E-state index in [1.165, 1.54) is 0 Å². The van der Waals surface area contributed by atoms with Gasteiger partial charge in [0.15, 0.2) is 10.4 Å². The van der Waals surface area contributed by atoms with Crippen molar-refractivity contribution in [1.29, 1.82) is 0 Å². The Morgan fingerprint density at radius 2 is 1.87 bits per heavy atom. The molecule has 6 nitrogen and oxygen atoms in total.